The summed E-state index contributed by atoms with van der Waals surface area (Å²) in [6.07, 6.45) is 3.75. The molecule has 2 aromatic rings. The Morgan fingerprint density at radius 1 is 1.17 bits per heavy atom. The Bertz CT molecular complexity index is 794. The molecule has 3 rings (SSSR count). The number of hydrogen-bond acceptors (Lipinski definition) is 4. The SMILES string of the molecule is CC(C)COc1ccc(CN(Cc2ccnn2C)C(=O)NC2CCN(C)CC2)cc1. The van der Waals surface area contributed by atoms with E-state index in [-0.39, 0.29) is 12.1 Å². The summed E-state index contributed by atoms with van der Waals surface area (Å²) in [5, 5.41) is 7.48. The van der Waals surface area contributed by atoms with Crippen LogP contribution >= 0.6 is 0 Å². The maximum Gasteiger partial charge on any atom is 0.318 e. The number of carbonyl (C=O) groups excluding carboxylic acids is 1. The molecule has 1 aliphatic heterocycles. The molecular weight excluding hydrogens is 378 g/mol. The average molecular weight is 414 g/mol. The summed E-state index contributed by atoms with van der Waals surface area (Å²) in [6.45, 7) is 8.05. The maximum atomic E-state index is 13.1. The van der Waals surface area contributed by atoms with Crippen molar-refractivity contribution in [3.05, 3.63) is 47.8 Å². The predicted octanol–water partition coefficient (Wildman–Crippen LogP) is 3.26. The van der Waals surface area contributed by atoms with Crippen molar-refractivity contribution >= 4 is 6.03 Å². The molecule has 30 heavy (non-hydrogen) atoms. The summed E-state index contributed by atoms with van der Waals surface area (Å²) >= 11 is 0. The number of amides is 2. The Hall–Kier alpha value is -2.54. The zero-order valence-corrected chi connectivity index (χ0v) is 18.7. The zero-order chi connectivity index (χ0) is 21.5. The summed E-state index contributed by atoms with van der Waals surface area (Å²) in [5.41, 5.74) is 2.08. The summed E-state index contributed by atoms with van der Waals surface area (Å²) in [4.78, 5) is 17.3. The average Bonchev–Trinajstić information content (AvgIpc) is 3.13. The van der Waals surface area contributed by atoms with E-state index < -0.39 is 0 Å². The zero-order valence-electron chi connectivity index (χ0n) is 18.7. The maximum absolute atomic E-state index is 13.1. The van der Waals surface area contributed by atoms with Crippen molar-refractivity contribution in [2.24, 2.45) is 13.0 Å². The monoisotopic (exact) mass is 413 g/mol. The first-order valence-electron chi connectivity index (χ1n) is 10.8. The van der Waals surface area contributed by atoms with Gasteiger partial charge in [0.2, 0.25) is 0 Å². The van der Waals surface area contributed by atoms with Crippen molar-refractivity contribution in [2.75, 3.05) is 26.7 Å². The first-order chi connectivity index (χ1) is 14.4. The number of rotatable bonds is 8. The number of aryl methyl sites for hydroxylation is 1. The van der Waals surface area contributed by atoms with Gasteiger partial charge in [0.25, 0.3) is 0 Å². The molecule has 164 valence electrons. The number of hydrogen-bond donors (Lipinski definition) is 1. The molecule has 1 N–H and O–H groups in total. The van der Waals surface area contributed by atoms with Gasteiger partial charge >= 0.3 is 6.03 Å². The Morgan fingerprint density at radius 3 is 2.47 bits per heavy atom. The largest absolute Gasteiger partial charge is 0.493 e. The van der Waals surface area contributed by atoms with Crippen LogP contribution < -0.4 is 10.1 Å². The molecule has 0 radical (unpaired) electrons. The molecule has 0 bridgehead atoms. The fourth-order valence-corrected chi connectivity index (χ4v) is 3.54. The van der Waals surface area contributed by atoms with Gasteiger partial charge in [0.15, 0.2) is 0 Å². The Balaban J connectivity index is 1.66. The van der Waals surface area contributed by atoms with Crippen LogP contribution in [-0.2, 0) is 20.1 Å². The highest BCUT2D eigenvalue weighted by atomic mass is 16.5. The Labute approximate surface area is 180 Å². The quantitative estimate of drug-likeness (QED) is 0.722. The molecule has 1 aromatic heterocycles. The third-order valence-corrected chi connectivity index (χ3v) is 5.49. The van der Waals surface area contributed by atoms with E-state index in [4.69, 9.17) is 4.74 Å². The van der Waals surface area contributed by atoms with E-state index >= 15 is 0 Å². The van der Waals surface area contributed by atoms with E-state index in [1.54, 1.807) is 6.20 Å². The molecule has 0 unspecified atom stereocenters. The van der Waals surface area contributed by atoms with Gasteiger partial charge in [-0.1, -0.05) is 26.0 Å². The molecule has 7 heteroatoms. The number of ether oxygens (including phenoxy) is 1. The predicted molar refractivity (Wildman–Crippen MR) is 118 cm³/mol. The molecule has 1 aromatic carbocycles. The first kappa shape index (κ1) is 22.2. The molecule has 1 fully saturated rings. The van der Waals surface area contributed by atoms with Gasteiger partial charge in [-0.25, -0.2) is 4.79 Å². The van der Waals surface area contributed by atoms with Crippen molar-refractivity contribution in [1.29, 1.82) is 0 Å². The molecule has 1 aliphatic rings. The molecule has 0 aliphatic carbocycles. The van der Waals surface area contributed by atoms with Gasteiger partial charge in [0, 0.05) is 25.8 Å². The van der Waals surface area contributed by atoms with Crippen LogP contribution in [0.3, 0.4) is 0 Å². The number of piperidine rings is 1. The molecule has 0 atom stereocenters. The second-order valence-corrected chi connectivity index (χ2v) is 8.68. The van der Waals surface area contributed by atoms with E-state index in [1.807, 2.05) is 47.0 Å². The summed E-state index contributed by atoms with van der Waals surface area (Å²) in [5.74, 6) is 1.35. The van der Waals surface area contributed by atoms with Gasteiger partial charge in [0.1, 0.15) is 5.75 Å². The lowest BCUT2D eigenvalue weighted by Gasteiger charge is -2.32. The van der Waals surface area contributed by atoms with Gasteiger partial charge in [0.05, 0.1) is 18.8 Å². The van der Waals surface area contributed by atoms with E-state index in [1.165, 1.54) is 0 Å². The minimum atomic E-state index is -0.0223. The van der Waals surface area contributed by atoms with E-state index in [0.717, 1.165) is 42.9 Å². The minimum Gasteiger partial charge on any atom is -0.493 e. The van der Waals surface area contributed by atoms with Crippen molar-refractivity contribution in [2.45, 2.75) is 45.8 Å². The first-order valence-corrected chi connectivity index (χ1v) is 10.8. The van der Waals surface area contributed by atoms with Crippen molar-refractivity contribution in [3.8, 4) is 5.75 Å². The molecule has 2 amide bonds. The molecule has 2 heterocycles. The topological polar surface area (TPSA) is 62.6 Å². The molecule has 7 nitrogen and oxygen atoms in total. The van der Waals surface area contributed by atoms with Gasteiger partial charge < -0.3 is 19.9 Å². The summed E-state index contributed by atoms with van der Waals surface area (Å²) in [7, 11) is 4.03. The molecule has 0 saturated carbocycles. The highest BCUT2D eigenvalue weighted by Gasteiger charge is 2.22. The summed E-state index contributed by atoms with van der Waals surface area (Å²) in [6, 6.07) is 10.2. The van der Waals surface area contributed by atoms with Gasteiger partial charge in [-0.3, -0.25) is 4.68 Å². The fraction of sp³-hybridized carbons (Fsp3) is 0.565. The fourth-order valence-electron chi connectivity index (χ4n) is 3.54. The second-order valence-electron chi connectivity index (χ2n) is 8.68. The lowest BCUT2D eigenvalue weighted by atomic mass is 10.1. The van der Waals surface area contributed by atoms with Crippen LogP contribution in [0.15, 0.2) is 36.5 Å². The van der Waals surface area contributed by atoms with Crippen LogP contribution in [-0.4, -0.2) is 58.4 Å². The normalized spacial score (nSPS) is 15.4. The van der Waals surface area contributed by atoms with Gasteiger partial charge in [-0.15, -0.1) is 0 Å². The third kappa shape index (κ3) is 6.49. The smallest absolute Gasteiger partial charge is 0.318 e. The van der Waals surface area contributed by atoms with Gasteiger partial charge in [-0.05, 0) is 62.7 Å². The molecular formula is C23H35N5O2. The lowest BCUT2D eigenvalue weighted by molar-refractivity contribution is 0.175. The third-order valence-electron chi connectivity index (χ3n) is 5.49. The van der Waals surface area contributed by atoms with Crippen LogP contribution in [0.1, 0.15) is 37.9 Å². The van der Waals surface area contributed by atoms with Crippen molar-refractivity contribution in [1.82, 2.24) is 24.9 Å². The highest BCUT2D eigenvalue weighted by molar-refractivity contribution is 5.74. The number of urea groups is 1. The molecule has 0 spiro atoms. The van der Waals surface area contributed by atoms with E-state index in [2.05, 4.69) is 36.2 Å². The number of carbonyl (C=O) groups is 1. The van der Waals surface area contributed by atoms with Crippen LogP contribution in [0.4, 0.5) is 4.79 Å². The Morgan fingerprint density at radius 2 is 1.87 bits per heavy atom. The number of nitrogens with zero attached hydrogens (tertiary/aromatic N) is 4. The van der Waals surface area contributed by atoms with Crippen LogP contribution in [0.5, 0.6) is 5.75 Å². The Kier molecular flexibility index (Phi) is 7.74. The standard InChI is InChI=1S/C23H35N5O2/c1-18(2)17-30-22-7-5-19(6-8-22)15-28(16-21-9-12-24-27(21)4)23(29)25-20-10-13-26(3)14-11-20/h5-9,12,18,20H,10-11,13-17H2,1-4H3,(H,25,29). The summed E-state index contributed by atoms with van der Waals surface area (Å²) < 4.78 is 7.59. The van der Waals surface area contributed by atoms with Crippen molar-refractivity contribution < 1.29 is 9.53 Å². The minimum absolute atomic E-state index is 0.0223. The second kappa shape index (κ2) is 10.5. The van der Waals surface area contributed by atoms with E-state index in [9.17, 15) is 4.79 Å². The number of benzene rings is 1. The number of likely N-dealkylation sites (tertiary alicyclic amines) is 1. The highest BCUT2D eigenvalue weighted by Crippen LogP contribution is 2.17. The van der Waals surface area contributed by atoms with Crippen molar-refractivity contribution in [3.63, 3.8) is 0 Å². The number of nitrogens with one attached hydrogen (secondary N) is 1. The number of aromatic nitrogens is 2. The van der Waals surface area contributed by atoms with Crippen LogP contribution in [0.25, 0.3) is 0 Å². The van der Waals surface area contributed by atoms with Crippen LogP contribution in [0, 0.1) is 5.92 Å². The lowest BCUT2D eigenvalue weighted by Crippen LogP contribution is -2.48. The van der Waals surface area contributed by atoms with Crippen LogP contribution in [0.2, 0.25) is 0 Å². The van der Waals surface area contributed by atoms with E-state index in [0.29, 0.717) is 25.6 Å². The molecule has 1 saturated heterocycles. The van der Waals surface area contributed by atoms with Gasteiger partial charge in [-0.2, -0.15) is 5.10 Å².